The minimum absolute atomic E-state index is 0.0183. The van der Waals surface area contributed by atoms with Crippen LogP contribution in [0, 0.1) is 10.1 Å². The Bertz CT molecular complexity index is 1230. The van der Waals surface area contributed by atoms with E-state index in [0.29, 0.717) is 23.5 Å². The summed E-state index contributed by atoms with van der Waals surface area (Å²) < 4.78 is 17.1. The van der Waals surface area contributed by atoms with Gasteiger partial charge in [0, 0.05) is 35.2 Å². The molecule has 2 heterocycles. The van der Waals surface area contributed by atoms with E-state index in [1.165, 1.54) is 6.07 Å². The van der Waals surface area contributed by atoms with Gasteiger partial charge in [0.1, 0.15) is 5.75 Å². The lowest BCUT2D eigenvalue weighted by Gasteiger charge is -2.38. The highest BCUT2D eigenvalue weighted by Gasteiger charge is 2.41. The summed E-state index contributed by atoms with van der Waals surface area (Å²) in [4.78, 5) is 10.9. The third kappa shape index (κ3) is 3.30. The molecule has 2 atom stereocenters. The number of nitro groups is 1. The van der Waals surface area contributed by atoms with Gasteiger partial charge in [-0.1, -0.05) is 30.3 Å². The largest absolute Gasteiger partial charge is 0.493 e. The number of hydrogen-bond donors (Lipinski definition) is 0. The molecule has 0 unspecified atom stereocenters. The predicted molar refractivity (Wildman–Crippen MR) is 118 cm³/mol. The number of methoxy groups -OCH3 is 2. The van der Waals surface area contributed by atoms with Gasteiger partial charge in [0.05, 0.1) is 30.9 Å². The SMILES string of the molecule is COc1ccc(C2=NN3[C@@H](C2)c2ccccc2O[C@H]3c2cccc([N+](=O)[O-])c2)cc1OC. The maximum atomic E-state index is 11.3. The van der Waals surface area contributed by atoms with Crippen LogP contribution in [0.2, 0.25) is 0 Å². The van der Waals surface area contributed by atoms with Crippen LogP contribution in [-0.4, -0.2) is 29.9 Å². The van der Waals surface area contributed by atoms with Crippen molar-refractivity contribution in [1.82, 2.24) is 5.01 Å². The highest BCUT2D eigenvalue weighted by Crippen LogP contribution is 2.48. The fraction of sp³-hybridized carbons (Fsp3) is 0.208. The summed E-state index contributed by atoms with van der Waals surface area (Å²) in [5.41, 5.74) is 3.54. The Morgan fingerprint density at radius 3 is 2.62 bits per heavy atom. The van der Waals surface area contributed by atoms with Crippen molar-refractivity contribution >= 4 is 11.4 Å². The minimum Gasteiger partial charge on any atom is -0.493 e. The summed E-state index contributed by atoms with van der Waals surface area (Å²) in [6, 6.07) is 20.0. The summed E-state index contributed by atoms with van der Waals surface area (Å²) >= 11 is 0. The van der Waals surface area contributed by atoms with E-state index in [2.05, 4.69) is 0 Å². The fourth-order valence-corrected chi connectivity index (χ4v) is 4.24. The minimum atomic E-state index is -0.576. The molecule has 162 valence electrons. The first-order valence-electron chi connectivity index (χ1n) is 10.2. The van der Waals surface area contributed by atoms with Crippen LogP contribution < -0.4 is 14.2 Å². The van der Waals surface area contributed by atoms with E-state index < -0.39 is 11.2 Å². The van der Waals surface area contributed by atoms with E-state index in [9.17, 15) is 10.1 Å². The Kier molecular flexibility index (Phi) is 4.89. The fourth-order valence-electron chi connectivity index (χ4n) is 4.24. The second-order valence-corrected chi connectivity index (χ2v) is 7.58. The second-order valence-electron chi connectivity index (χ2n) is 7.58. The van der Waals surface area contributed by atoms with Gasteiger partial charge in [-0.2, -0.15) is 5.10 Å². The number of hydrogen-bond acceptors (Lipinski definition) is 7. The van der Waals surface area contributed by atoms with Crippen LogP contribution in [0.15, 0.2) is 71.8 Å². The molecule has 32 heavy (non-hydrogen) atoms. The van der Waals surface area contributed by atoms with E-state index in [-0.39, 0.29) is 11.7 Å². The summed E-state index contributed by atoms with van der Waals surface area (Å²) in [6.07, 6.45) is 0.0915. The highest BCUT2D eigenvalue weighted by molar-refractivity contribution is 6.02. The smallest absolute Gasteiger partial charge is 0.269 e. The van der Waals surface area contributed by atoms with Crippen molar-refractivity contribution in [2.24, 2.45) is 5.10 Å². The van der Waals surface area contributed by atoms with Crippen molar-refractivity contribution in [2.45, 2.75) is 18.7 Å². The molecule has 2 aliphatic rings. The summed E-state index contributed by atoms with van der Waals surface area (Å²) in [6.45, 7) is 0. The van der Waals surface area contributed by atoms with Crippen molar-refractivity contribution in [3.05, 3.63) is 93.5 Å². The van der Waals surface area contributed by atoms with Crippen LogP contribution in [-0.2, 0) is 0 Å². The monoisotopic (exact) mass is 431 g/mol. The molecule has 0 radical (unpaired) electrons. The molecule has 8 nitrogen and oxygen atoms in total. The van der Waals surface area contributed by atoms with Crippen molar-refractivity contribution < 1.29 is 19.1 Å². The number of rotatable bonds is 5. The van der Waals surface area contributed by atoms with Crippen LogP contribution in [0.1, 0.15) is 35.4 Å². The van der Waals surface area contributed by atoms with Crippen LogP contribution >= 0.6 is 0 Å². The Morgan fingerprint density at radius 2 is 1.84 bits per heavy atom. The molecule has 0 N–H and O–H groups in total. The van der Waals surface area contributed by atoms with Crippen molar-refractivity contribution in [2.75, 3.05) is 14.2 Å². The number of benzene rings is 3. The Hall–Kier alpha value is -4.07. The summed E-state index contributed by atoms with van der Waals surface area (Å²) in [5, 5.41) is 18.1. The first-order valence-corrected chi connectivity index (χ1v) is 10.2. The third-order valence-electron chi connectivity index (χ3n) is 5.78. The van der Waals surface area contributed by atoms with Gasteiger partial charge in [-0.25, -0.2) is 5.01 Å². The molecule has 8 heteroatoms. The van der Waals surface area contributed by atoms with Crippen molar-refractivity contribution in [1.29, 1.82) is 0 Å². The quantitative estimate of drug-likeness (QED) is 0.424. The van der Waals surface area contributed by atoms with Gasteiger partial charge >= 0.3 is 0 Å². The molecule has 0 saturated heterocycles. The number of nitro benzene ring substituents is 1. The molecule has 0 saturated carbocycles. The lowest BCUT2D eigenvalue weighted by Crippen LogP contribution is -2.33. The lowest BCUT2D eigenvalue weighted by molar-refractivity contribution is -0.385. The maximum Gasteiger partial charge on any atom is 0.269 e. The maximum absolute atomic E-state index is 11.3. The molecule has 0 aliphatic carbocycles. The predicted octanol–water partition coefficient (Wildman–Crippen LogP) is 4.85. The lowest BCUT2D eigenvalue weighted by atomic mass is 9.95. The van der Waals surface area contributed by atoms with Gasteiger partial charge in [-0.3, -0.25) is 10.1 Å². The topological polar surface area (TPSA) is 86.4 Å². The zero-order valence-corrected chi connectivity index (χ0v) is 17.6. The van der Waals surface area contributed by atoms with E-state index in [1.807, 2.05) is 53.5 Å². The first kappa shape index (κ1) is 19.9. The van der Waals surface area contributed by atoms with Crippen LogP contribution in [0.5, 0.6) is 17.2 Å². The molecule has 0 aromatic heterocycles. The van der Waals surface area contributed by atoms with Gasteiger partial charge in [0.25, 0.3) is 5.69 Å². The van der Waals surface area contributed by atoms with Gasteiger partial charge in [-0.15, -0.1) is 0 Å². The Balaban J connectivity index is 1.58. The molecule has 0 amide bonds. The number of hydrazone groups is 1. The first-order chi connectivity index (χ1) is 15.6. The molecule has 0 spiro atoms. The van der Waals surface area contributed by atoms with Crippen LogP contribution in [0.25, 0.3) is 0 Å². The third-order valence-corrected chi connectivity index (χ3v) is 5.78. The van der Waals surface area contributed by atoms with Crippen molar-refractivity contribution in [3.63, 3.8) is 0 Å². The standard InChI is InChI=1S/C24H21N3O5/c1-30-22-11-10-15(13-23(22)31-2)19-14-20-18-8-3-4-9-21(18)32-24(26(20)25-19)16-6-5-7-17(12-16)27(28)29/h3-13,20,24H,14H2,1-2H3/t20-,24-/m0/s1. The highest BCUT2D eigenvalue weighted by atomic mass is 16.6. The average Bonchev–Trinajstić information content (AvgIpc) is 3.29. The van der Waals surface area contributed by atoms with Crippen molar-refractivity contribution in [3.8, 4) is 17.2 Å². The number of ether oxygens (including phenoxy) is 3. The second kappa shape index (κ2) is 7.88. The zero-order valence-electron chi connectivity index (χ0n) is 17.6. The summed E-state index contributed by atoms with van der Waals surface area (Å²) in [5.74, 6) is 2.04. The van der Waals surface area contributed by atoms with E-state index in [1.54, 1.807) is 26.4 Å². The van der Waals surface area contributed by atoms with E-state index >= 15 is 0 Å². The molecule has 3 aromatic rings. The number of fused-ring (bicyclic) bond motifs is 3. The normalized spacial score (nSPS) is 18.8. The summed E-state index contributed by atoms with van der Waals surface area (Å²) in [7, 11) is 3.20. The van der Waals surface area contributed by atoms with Crippen LogP contribution in [0.3, 0.4) is 0 Å². The molecule has 0 bridgehead atoms. The molecule has 2 aliphatic heterocycles. The average molecular weight is 431 g/mol. The Morgan fingerprint density at radius 1 is 1.03 bits per heavy atom. The zero-order chi connectivity index (χ0) is 22.2. The number of nitrogens with zero attached hydrogens (tertiary/aromatic N) is 3. The number of non-ortho nitro benzene ring substituents is 1. The van der Waals surface area contributed by atoms with Gasteiger partial charge in [0.15, 0.2) is 11.5 Å². The van der Waals surface area contributed by atoms with Gasteiger partial charge in [-0.05, 0) is 24.3 Å². The molecule has 5 rings (SSSR count). The van der Waals surface area contributed by atoms with Gasteiger partial charge in [0.2, 0.25) is 6.23 Å². The van der Waals surface area contributed by atoms with Crippen LogP contribution in [0.4, 0.5) is 5.69 Å². The van der Waals surface area contributed by atoms with E-state index in [0.717, 1.165) is 22.6 Å². The number of para-hydroxylation sites is 1. The molecular formula is C24H21N3O5. The van der Waals surface area contributed by atoms with E-state index in [4.69, 9.17) is 19.3 Å². The molecule has 3 aromatic carbocycles. The van der Waals surface area contributed by atoms with Gasteiger partial charge < -0.3 is 14.2 Å². The molecule has 0 fully saturated rings. The Labute approximate surface area is 184 Å². The molecular weight excluding hydrogens is 410 g/mol.